The lowest BCUT2D eigenvalue weighted by Gasteiger charge is -2.59. The summed E-state index contributed by atoms with van der Waals surface area (Å²) in [6, 6.07) is 0. The van der Waals surface area contributed by atoms with Crippen LogP contribution in [0, 0.1) is 28.6 Å². The third-order valence-corrected chi connectivity index (χ3v) is 10.3. The second-order valence-electron chi connectivity index (χ2n) is 11.8. The van der Waals surface area contributed by atoms with Gasteiger partial charge in [-0.3, -0.25) is 14.4 Å². The Labute approximate surface area is 211 Å². The van der Waals surface area contributed by atoms with E-state index in [4.69, 9.17) is 9.68 Å². The number of hydroxylamine groups is 2. The molecule has 0 spiro atoms. The molecule has 0 unspecified atom stereocenters. The van der Waals surface area contributed by atoms with Crippen molar-refractivity contribution in [2.45, 2.75) is 90.6 Å². The summed E-state index contributed by atoms with van der Waals surface area (Å²) in [4.78, 5) is 57.5. The number of aliphatic hydroxyl groups is 1. The summed E-state index contributed by atoms with van der Waals surface area (Å²) >= 11 is 0. The second-order valence-corrected chi connectivity index (χ2v) is 11.8. The molecule has 4 aliphatic carbocycles. The van der Waals surface area contributed by atoms with Gasteiger partial charge in [0.1, 0.15) is 5.60 Å². The number of hydrogen-bond donors (Lipinski definition) is 1. The van der Waals surface area contributed by atoms with Crippen LogP contribution in [0.2, 0.25) is 0 Å². The Morgan fingerprint density at radius 2 is 1.72 bits per heavy atom. The molecule has 196 valence electrons. The van der Waals surface area contributed by atoms with E-state index >= 15 is 0 Å². The Bertz CT molecular complexity index is 1050. The standard InChI is InChI=1S/C27H36N2O7/c1-16(30)27(34)13-10-21-19-5-4-17-14-18(8-11-25(17,2)20(19)9-12-26(21,27)3)28-35-15-24(33)36-29-22(31)6-7-23(29)32/h14,19-21,34H,4-13,15H2,1-3H3/b28-18+/t19-,20-,21-,25+,26+,27+/m1/s1. The molecule has 0 bridgehead atoms. The van der Waals surface area contributed by atoms with Crippen molar-refractivity contribution in [1.82, 2.24) is 5.06 Å². The number of rotatable bonds is 5. The number of amides is 2. The molecule has 0 radical (unpaired) electrons. The van der Waals surface area contributed by atoms with Crippen LogP contribution in [0.1, 0.15) is 85.0 Å². The number of allylic oxidation sites excluding steroid dienone is 2. The van der Waals surface area contributed by atoms with Crippen LogP contribution >= 0.6 is 0 Å². The Morgan fingerprint density at radius 3 is 2.42 bits per heavy atom. The normalized spacial score (nSPS) is 40.9. The molecule has 1 aliphatic heterocycles. The fourth-order valence-corrected chi connectivity index (χ4v) is 8.19. The van der Waals surface area contributed by atoms with E-state index < -0.39 is 30.0 Å². The van der Waals surface area contributed by atoms with Crippen LogP contribution in [0.15, 0.2) is 16.8 Å². The molecule has 0 aromatic rings. The molecule has 1 saturated heterocycles. The fraction of sp³-hybridized carbons (Fsp3) is 0.741. The van der Waals surface area contributed by atoms with Crippen LogP contribution in [0.5, 0.6) is 0 Å². The second kappa shape index (κ2) is 8.78. The predicted molar refractivity (Wildman–Crippen MR) is 128 cm³/mol. The zero-order chi connectivity index (χ0) is 25.9. The van der Waals surface area contributed by atoms with Gasteiger partial charge in [-0.15, -0.1) is 5.06 Å². The Morgan fingerprint density at radius 1 is 1.03 bits per heavy atom. The molecule has 36 heavy (non-hydrogen) atoms. The van der Waals surface area contributed by atoms with Gasteiger partial charge in [0.25, 0.3) is 11.8 Å². The van der Waals surface area contributed by atoms with Gasteiger partial charge < -0.3 is 14.8 Å². The number of fused-ring (bicyclic) bond motifs is 5. The van der Waals surface area contributed by atoms with Crippen LogP contribution in [-0.2, 0) is 28.9 Å². The quantitative estimate of drug-likeness (QED) is 0.454. The number of Topliss-reactive ketones (excluding diaryl/α,β-unsaturated/α-hetero) is 1. The Balaban J connectivity index is 1.24. The van der Waals surface area contributed by atoms with Gasteiger partial charge in [0.15, 0.2) is 5.78 Å². The van der Waals surface area contributed by atoms with Gasteiger partial charge in [0, 0.05) is 18.3 Å². The minimum absolute atomic E-state index is 0.0427. The summed E-state index contributed by atoms with van der Waals surface area (Å²) in [5.74, 6) is -0.616. The van der Waals surface area contributed by atoms with Gasteiger partial charge >= 0.3 is 5.97 Å². The van der Waals surface area contributed by atoms with Crippen molar-refractivity contribution in [3.05, 3.63) is 11.6 Å². The SMILES string of the molecule is CC(=O)[C@@]1(O)CC[C@@H]2[C@@H]3CCC4=C/C(=N/OCC(=O)ON5C(=O)CCC5=O)CC[C@]4(C)[C@@H]3CC[C@@]21C. The maximum absolute atomic E-state index is 12.4. The number of ketones is 1. The van der Waals surface area contributed by atoms with Crippen molar-refractivity contribution >= 4 is 29.3 Å². The molecule has 5 rings (SSSR count). The van der Waals surface area contributed by atoms with Crippen LogP contribution < -0.4 is 0 Å². The first-order valence-corrected chi connectivity index (χ1v) is 13.2. The van der Waals surface area contributed by atoms with Gasteiger partial charge in [-0.1, -0.05) is 24.6 Å². The van der Waals surface area contributed by atoms with E-state index in [9.17, 15) is 24.3 Å². The minimum Gasteiger partial charge on any atom is -0.383 e. The van der Waals surface area contributed by atoms with E-state index in [1.807, 2.05) is 0 Å². The van der Waals surface area contributed by atoms with E-state index in [-0.39, 0.29) is 29.5 Å². The topological polar surface area (TPSA) is 123 Å². The third-order valence-electron chi connectivity index (χ3n) is 10.3. The summed E-state index contributed by atoms with van der Waals surface area (Å²) in [6.45, 7) is 5.55. The molecule has 5 aliphatic rings. The van der Waals surface area contributed by atoms with Crippen molar-refractivity contribution in [3.63, 3.8) is 0 Å². The summed E-state index contributed by atoms with van der Waals surface area (Å²) in [7, 11) is 0. The highest BCUT2D eigenvalue weighted by Crippen LogP contribution is 2.67. The van der Waals surface area contributed by atoms with Gasteiger partial charge in [0.2, 0.25) is 6.61 Å². The maximum atomic E-state index is 12.4. The number of carbonyl (C=O) groups is 4. The largest absolute Gasteiger partial charge is 0.383 e. The van der Waals surface area contributed by atoms with Crippen LogP contribution in [0.4, 0.5) is 0 Å². The Kier molecular flexibility index (Phi) is 6.13. The lowest BCUT2D eigenvalue weighted by molar-refractivity contribution is -0.200. The highest BCUT2D eigenvalue weighted by molar-refractivity contribution is 6.01. The summed E-state index contributed by atoms with van der Waals surface area (Å²) in [5, 5.41) is 16.0. The average Bonchev–Trinajstić information content (AvgIpc) is 3.30. The van der Waals surface area contributed by atoms with Crippen molar-refractivity contribution < 1.29 is 34.0 Å². The fourth-order valence-electron chi connectivity index (χ4n) is 8.19. The van der Waals surface area contributed by atoms with E-state index in [0.29, 0.717) is 29.2 Å². The predicted octanol–water partition coefficient (Wildman–Crippen LogP) is 3.25. The molecule has 2 amide bonds. The van der Waals surface area contributed by atoms with Crippen LogP contribution in [-0.4, -0.2) is 51.7 Å². The van der Waals surface area contributed by atoms with Crippen molar-refractivity contribution in [2.24, 2.45) is 33.7 Å². The molecule has 1 N–H and O–H groups in total. The third kappa shape index (κ3) is 3.73. The van der Waals surface area contributed by atoms with E-state index in [1.165, 1.54) is 12.5 Å². The highest BCUT2D eigenvalue weighted by Gasteiger charge is 2.65. The van der Waals surface area contributed by atoms with E-state index in [2.05, 4.69) is 25.1 Å². The van der Waals surface area contributed by atoms with Crippen molar-refractivity contribution in [2.75, 3.05) is 6.61 Å². The number of oxime groups is 1. The first-order chi connectivity index (χ1) is 17.0. The first-order valence-electron chi connectivity index (χ1n) is 13.2. The summed E-state index contributed by atoms with van der Waals surface area (Å²) in [5.41, 5.74) is 0.646. The van der Waals surface area contributed by atoms with Gasteiger partial charge in [-0.05, 0) is 87.5 Å². The molecule has 0 aromatic carbocycles. The van der Waals surface area contributed by atoms with Gasteiger partial charge in [-0.2, -0.15) is 0 Å². The Hall–Kier alpha value is -2.55. The molecular formula is C27H36N2O7. The highest BCUT2D eigenvalue weighted by atomic mass is 16.7. The van der Waals surface area contributed by atoms with Crippen molar-refractivity contribution in [3.8, 4) is 0 Å². The lowest BCUT2D eigenvalue weighted by Crippen LogP contribution is -2.57. The molecular weight excluding hydrogens is 464 g/mol. The van der Waals surface area contributed by atoms with Gasteiger partial charge in [-0.25, -0.2) is 4.79 Å². The lowest BCUT2D eigenvalue weighted by atomic mass is 9.46. The molecule has 4 fully saturated rings. The minimum atomic E-state index is -1.19. The zero-order valence-corrected chi connectivity index (χ0v) is 21.4. The van der Waals surface area contributed by atoms with Crippen molar-refractivity contribution in [1.29, 1.82) is 0 Å². The molecule has 9 nitrogen and oxygen atoms in total. The molecule has 3 saturated carbocycles. The number of carbonyl (C=O) groups excluding carboxylic acids is 4. The maximum Gasteiger partial charge on any atom is 0.373 e. The molecule has 9 heteroatoms. The molecule has 1 heterocycles. The number of hydrogen-bond acceptors (Lipinski definition) is 8. The smallest absolute Gasteiger partial charge is 0.373 e. The number of imide groups is 1. The van der Waals surface area contributed by atoms with E-state index in [1.54, 1.807) is 0 Å². The number of nitrogens with zero attached hydrogens (tertiary/aromatic N) is 2. The van der Waals surface area contributed by atoms with Gasteiger partial charge in [0.05, 0.1) is 5.71 Å². The molecule has 6 atom stereocenters. The summed E-state index contributed by atoms with van der Waals surface area (Å²) in [6.07, 6.45) is 9.19. The summed E-state index contributed by atoms with van der Waals surface area (Å²) < 4.78 is 0. The zero-order valence-electron chi connectivity index (χ0n) is 21.4. The monoisotopic (exact) mass is 500 g/mol. The first kappa shape index (κ1) is 25.1. The molecule has 0 aromatic heterocycles. The van der Waals surface area contributed by atoms with Crippen LogP contribution in [0.25, 0.3) is 0 Å². The van der Waals surface area contributed by atoms with E-state index in [0.717, 1.165) is 50.7 Å². The average molecular weight is 501 g/mol. The van der Waals surface area contributed by atoms with Crippen LogP contribution in [0.3, 0.4) is 0 Å².